The van der Waals surface area contributed by atoms with Crippen LogP contribution < -0.4 is 15.4 Å². The normalized spacial score (nSPS) is 12.5. The molecule has 32 heavy (non-hydrogen) atoms. The summed E-state index contributed by atoms with van der Waals surface area (Å²) in [4.78, 5) is 26.5. The predicted molar refractivity (Wildman–Crippen MR) is 101 cm³/mol. The van der Waals surface area contributed by atoms with Gasteiger partial charge < -0.3 is 15.4 Å². The zero-order valence-electron chi connectivity index (χ0n) is 16.2. The van der Waals surface area contributed by atoms with Crippen LogP contribution in [0.4, 0.5) is 26.3 Å². The topological polar surface area (TPSA) is 80.3 Å². The number of pyridine rings is 1. The number of halogens is 6. The molecule has 2 aromatic rings. The lowest BCUT2D eigenvalue weighted by Crippen LogP contribution is -2.23. The van der Waals surface area contributed by atoms with Gasteiger partial charge in [0.25, 0.3) is 5.91 Å². The van der Waals surface area contributed by atoms with Gasteiger partial charge in [0, 0.05) is 18.8 Å². The molecule has 1 heterocycles. The highest BCUT2D eigenvalue weighted by Crippen LogP contribution is 2.35. The first-order valence-electron chi connectivity index (χ1n) is 8.68. The van der Waals surface area contributed by atoms with Crippen LogP contribution in [0.15, 0.2) is 60.6 Å². The summed E-state index contributed by atoms with van der Waals surface area (Å²) in [7, 11) is 1.55. The highest BCUT2D eigenvalue weighted by Gasteiger charge is 2.33. The summed E-state index contributed by atoms with van der Waals surface area (Å²) in [6.07, 6.45) is -4.75. The molecule has 6 nitrogen and oxygen atoms in total. The van der Waals surface area contributed by atoms with Gasteiger partial charge in [0.1, 0.15) is 23.5 Å². The number of nitrogens with one attached hydrogen (secondary N) is 2. The lowest BCUT2D eigenvalue weighted by Gasteiger charge is -2.15. The van der Waals surface area contributed by atoms with Crippen molar-refractivity contribution in [3.8, 4) is 11.5 Å². The van der Waals surface area contributed by atoms with Crippen LogP contribution in [0.25, 0.3) is 0 Å². The van der Waals surface area contributed by atoms with E-state index in [1.165, 1.54) is 12.3 Å². The fourth-order valence-electron chi connectivity index (χ4n) is 2.29. The molecule has 2 N–H and O–H groups in total. The Bertz CT molecular complexity index is 1030. The van der Waals surface area contributed by atoms with Crippen molar-refractivity contribution in [2.75, 3.05) is 7.05 Å². The SMILES string of the molecule is CN/C=C\C(=C/C=O)NC(=O)c1ccc(C(F)(F)F)cc1Oc1ccc(C(F)(F)F)nc1. The van der Waals surface area contributed by atoms with Gasteiger partial charge in [0.2, 0.25) is 0 Å². The molecule has 0 bridgehead atoms. The van der Waals surface area contributed by atoms with Crippen molar-refractivity contribution in [2.24, 2.45) is 0 Å². The lowest BCUT2D eigenvalue weighted by atomic mass is 10.1. The Morgan fingerprint density at radius 1 is 1.06 bits per heavy atom. The van der Waals surface area contributed by atoms with E-state index in [0.29, 0.717) is 30.7 Å². The fourth-order valence-corrected chi connectivity index (χ4v) is 2.29. The minimum atomic E-state index is -4.77. The number of amides is 1. The second kappa shape index (κ2) is 9.98. The summed E-state index contributed by atoms with van der Waals surface area (Å²) in [5, 5.41) is 4.95. The Morgan fingerprint density at radius 3 is 2.31 bits per heavy atom. The minimum absolute atomic E-state index is 0.0152. The van der Waals surface area contributed by atoms with Gasteiger partial charge in [-0.05, 0) is 42.6 Å². The van der Waals surface area contributed by atoms with E-state index < -0.39 is 35.3 Å². The van der Waals surface area contributed by atoms with E-state index >= 15 is 0 Å². The molecule has 1 amide bonds. The summed E-state index contributed by atoms with van der Waals surface area (Å²) < 4.78 is 82.6. The molecule has 0 radical (unpaired) electrons. The third kappa shape index (κ3) is 6.59. The summed E-state index contributed by atoms with van der Waals surface area (Å²) in [5.41, 5.74) is -2.73. The van der Waals surface area contributed by atoms with Crippen LogP contribution >= 0.6 is 0 Å². The molecule has 0 unspecified atom stereocenters. The maximum absolute atomic E-state index is 13.1. The van der Waals surface area contributed by atoms with Gasteiger partial charge in [-0.15, -0.1) is 0 Å². The molecule has 0 saturated heterocycles. The Labute approximate surface area is 177 Å². The van der Waals surface area contributed by atoms with Crippen LogP contribution in [0.3, 0.4) is 0 Å². The molecule has 1 aromatic heterocycles. The molecule has 0 fully saturated rings. The number of benzene rings is 1. The highest BCUT2D eigenvalue weighted by atomic mass is 19.4. The van der Waals surface area contributed by atoms with Crippen molar-refractivity contribution in [3.05, 3.63) is 77.4 Å². The van der Waals surface area contributed by atoms with Gasteiger partial charge in [-0.25, -0.2) is 4.98 Å². The Hall–Kier alpha value is -3.83. The summed E-state index contributed by atoms with van der Waals surface area (Å²) >= 11 is 0. The number of rotatable bonds is 7. The molecule has 0 saturated carbocycles. The Morgan fingerprint density at radius 2 is 1.78 bits per heavy atom. The second-order valence-corrected chi connectivity index (χ2v) is 6.02. The smallest absolute Gasteiger partial charge is 0.433 e. The van der Waals surface area contributed by atoms with E-state index in [1.807, 2.05) is 0 Å². The number of carbonyl (C=O) groups excluding carboxylic acids is 2. The first-order chi connectivity index (χ1) is 15.0. The minimum Gasteiger partial charge on any atom is -0.455 e. The van der Waals surface area contributed by atoms with Crippen molar-refractivity contribution in [1.82, 2.24) is 15.6 Å². The van der Waals surface area contributed by atoms with Gasteiger partial charge in [0.05, 0.1) is 17.3 Å². The molecular formula is C20H15F6N3O3. The zero-order chi connectivity index (χ0) is 23.9. The van der Waals surface area contributed by atoms with Crippen molar-refractivity contribution >= 4 is 12.2 Å². The van der Waals surface area contributed by atoms with E-state index in [2.05, 4.69) is 15.6 Å². The maximum atomic E-state index is 13.1. The van der Waals surface area contributed by atoms with Gasteiger partial charge in [0.15, 0.2) is 0 Å². The monoisotopic (exact) mass is 459 g/mol. The number of hydrogen-bond donors (Lipinski definition) is 2. The third-order valence-electron chi connectivity index (χ3n) is 3.74. The zero-order valence-corrected chi connectivity index (χ0v) is 16.2. The molecule has 1 aromatic carbocycles. The van der Waals surface area contributed by atoms with Crippen LogP contribution in [0, 0.1) is 0 Å². The summed E-state index contributed by atoms with van der Waals surface area (Å²) in [6.45, 7) is 0. The van der Waals surface area contributed by atoms with E-state index in [-0.39, 0.29) is 17.0 Å². The molecule has 170 valence electrons. The highest BCUT2D eigenvalue weighted by molar-refractivity contribution is 5.98. The molecule has 0 aliphatic rings. The summed E-state index contributed by atoms with van der Waals surface area (Å²) in [6, 6.07) is 3.44. The van der Waals surface area contributed by atoms with Crippen molar-refractivity contribution in [2.45, 2.75) is 12.4 Å². The molecule has 0 aliphatic carbocycles. The molecule has 0 aliphatic heterocycles. The number of nitrogens with zero attached hydrogens (tertiary/aromatic N) is 1. The number of alkyl halides is 6. The average Bonchev–Trinajstić information content (AvgIpc) is 2.71. The lowest BCUT2D eigenvalue weighted by molar-refractivity contribution is -0.141. The number of hydrogen-bond acceptors (Lipinski definition) is 5. The molecule has 2 rings (SSSR count). The van der Waals surface area contributed by atoms with Crippen LogP contribution in [0.1, 0.15) is 21.6 Å². The first-order valence-corrected chi connectivity index (χ1v) is 8.68. The number of aldehydes is 1. The number of allylic oxidation sites excluding steroid dienone is 2. The van der Waals surface area contributed by atoms with Gasteiger partial charge in [-0.1, -0.05) is 0 Å². The molecule has 0 spiro atoms. The van der Waals surface area contributed by atoms with Crippen molar-refractivity contribution in [3.63, 3.8) is 0 Å². The van der Waals surface area contributed by atoms with E-state index in [4.69, 9.17) is 4.74 Å². The maximum Gasteiger partial charge on any atom is 0.433 e. The number of aromatic nitrogens is 1. The Kier molecular flexibility index (Phi) is 7.63. The third-order valence-corrected chi connectivity index (χ3v) is 3.74. The van der Waals surface area contributed by atoms with Crippen molar-refractivity contribution in [1.29, 1.82) is 0 Å². The number of ether oxygens (including phenoxy) is 1. The molecular weight excluding hydrogens is 444 g/mol. The van der Waals surface area contributed by atoms with E-state index in [0.717, 1.165) is 18.2 Å². The molecule has 12 heteroatoms. The first kappa shape index (κ1) is 24.4. The predicted octanol–water partition coefficient (Wildman–Crippen LogP) is 4.46. The van der Waals surface area contributed by atoms with E-state index in [1.54, 1.807) is 7.05 Å². The standard InChI is InChI=1S/C20H15F6N3O3/c1-27-8-6-13(7-9-30)29-18(31)15-4-2-12(19(21,22)23)10-16(15)32-14-3-5-17(28-11-14)20(24,25)26/h2-11,27H,1H3,(H,29,31)/b8-6-,13-7+. The second-order valence-electron chi connectivity index (χ2n) is 6.02. The fraction of sp³-hybridized carbons (Fsp3) is 0.150. The van der Waals surface area contributed by atoms with Crippen LogP contribution in [-0.4, -0.2) is 24.2 Å². The van der Waals surface area contributed by atoms with Crippen LogP contribution in [0.5, 0.6) is 11.5 Å². The van der Waals surface area contributed by atoms with Crippen LogP contribution in [-0.2, 0) is 17.1 Å². The quantitative estimate of drug-likeness (QED) is 0.277. The molecule has 0 atom stereocenters. The van der Waals surface area contributed by atoms with Gasteiger partial charge in [-0.2, -0.15) is 26.3 Å². The van der Waals surface area contributed by atoms with Crippen LogP contribution in [0.2, 0.25) is 0 Å². The Balaban J connectivity index is 2.43. The van der Waals surface area contributed by atoms with E-state index in [9.17, 15) is 35.9 Å². The van der Waals surface area contributed by atoms with Crippen molar-refractivity contribution < 1.29 is 40.7 Å². The largest absolute Gasteiger partial charge is 0.455 e. The van der Waals surface area contributed by atoms with Gasteiger partial charge in [-0.3, -0.25) is 9.59 Å². The number of carbonyl (C=O) groups is 2. The van der Waals surface area contributed by atoms with Gasteiger partial charge >= 0.3 is 12.4 Å². The summed E-state index contributed by atoms with van der Waals surface area (Å²) in [5.74, 6) is -1.84. The average molecular weight is 459 g/mol.